The van der Waals surface area contributed by atoms with Gasteiger partial charge in [0.05, 0.1) is 19.8 Å². The number of halogens is 1. The van der Waals surface area contributed by atoms with E-state index in [1.54, 1.807) is 53.3 Å². The molecule has 4 rings (SSSR count). The summed E-state index contributed by atoms with van der Waals surface area (Å²) in [5.74, 6) is 1.19. The molecule has 0 bridgehead atoms. The van der Waals surface area contributed by atoms with Crippen molar-refractivity contribution in [1.82, 2.24) is 9.80 Å². The van der Waals surface area contributed by atoms with Crippen LogP contribution in [0.4, 0.5) is 4.39 Å². The highest BCUT2D eigenvalue weighted by molar-refractivity contribution is 5.96. The van der Waals surface area contributed by atoms with Crippen LogP contribution in [0.5, 0.6) is 5.75 Å². The molecule has 0 N–H and O–H groups in total. The third-order valence-electron chi connectivity index (χ3n) is 6.18. The second-order valence-corrected chi connectivity index (χ2v) is 8.94. The Hall–Kier alpha value is -3.65. The monoisotopic (exact) mass is 494 g/mol. The van der Waals surface area contributed by atoms with Crippen LogP contribution in [-0.2, 0) is 22.6 Å². The number of hydrogen-bond acceptors (Lipinski definition) is 5. The first-order valence-electron chi connectivity index (χ1n) is 12.0. The largest absolute Gasteiger partial charge is 0.497 e. The van der Waals surface area contributed by atoms with E-state index >= 15 is 0 Å². The zero-order chi connectivity index (χ0) is 25.5. The molecule has 190 valence electrons. The Bertz CT molecular complexity index is 1150. The molecule has 1 aliphatic heterocycles. The average Bonchev–Trinajstić information content (AvgIpc) is 3.55. The zero-order valence-electron chi connectivity index (χ0n) is 20.6. The first-order valence-corrected chi connectivity index (χ1v) is 12.0. The van der Waals surface area contributed by atoms with Gasteiger partial charge in [0, 0.05) is 25.3 Å². The second-order valence-electron chi connectivity index (χ2n) is 8.94. The molecule has 2 heterocycles. The standard InChI is InChI=1S/C28H31FN2O5/c1-20-5-12-26(36-20)18-30(16-21-6-10-23(29)11-7-21)27(32)19-31(17-25-4-3-15-35-25)28(33)22-8-13-24(34-2)14-9-22/h5-14,25H,3-4,15-19H2,1-2H3. The maximum atomic E-state index is 13.6. The van der Waals surface area contributed by atoms with Crippen molar-refractivity contribution in [2.75, 3.05) is 26.8 Å². The van der Waals surface area contributed by atoms with E-state index in [0.717, 1.165) is 24.2 Å². The molecule has 3 aromatic rings. The Kier molecular flexibility index (Phi) is 8.38. The van der Waals surface area contributed by atoms with Gasteiger partial charge in [-0.3, -0.25) is 9.59 Å². The minimum atomic E-state index is -0.342. The van der Waals surface area contributed by atoms with Crippen LogP contribution in [0.15, 0.2) is 65.1 Å². The van der Waals surface area contributed by atoms with Crippen molar-refractivity contribution in [1.29, 1.82) is 0 Å². The quantitative estimate of drug-likeness (QED) is 0.412. The lowest BCUT2D eigenvalue weighted by molar-refractivity contribution is -0.133. The molecule has 1 saturated heterocycles. The number of benzene rings is 2. The number of hydrogen-bond donors (Lipinski definition) is 0. The Balaban J connectivity index is 1.55. The molecule has 1 atom stereocenters. The number of rotatable bonds is 10. The maximum Gasteiger partial charge on any atom is 0.254 e. The lowest BCUT2D eigenvalue weighted by Crippen LogP contribution is -2.45. The fourth-order valence-corrected chi connectivity index (χ4v) is 4.23. The van der Waals surface area contributed by atoms with E-state index in [2.05, 4.69) is 0 Å². The maximum absolute atomic E-state index is 13.6. The van der Waals surface area contributed by atoms with Crippen LogP contribution < -0.4 is 4.74 Å². The van der Waals surface area contributed by atoms with Gasteiger partial charge >= 0.3 is 0 Å². The van der Waals surface area contributed by atoms with Crippen molar-refractivity contribution in [2.24, 2.45) is 0 Å². The number of carbonyl (C=O) groups is 2. The number of methoxy groups -OCH3 is 1. The van der Waals surface area contributed by atoms with Crippen LogP contribution in [-0.4, -0.2) is 54.5 Å². The van der Waals surface area contributed by atoms with Crippen molar-refractivity contribution in [2.45, 2.75) is 39.0 Å². The van der Waals surface area contributed by atoms with Crippen LogP contribution in [0, 0.1) is 12.7 Å². The molecule has 0 saturated carbocycles. The molecule has 1 unspecified atom stereocenters. The van der Waals surface area contributed by atoms with Gasteiger partial charge in [-0.05, 0) is 73.9 Å². The van der Waals surface area contributed by atoms with Crippen LogP contribution in [0.1, 0.15) is 40.3 Å². The van der Waals surface area contributed by atoms with Crippen LogP contribution in [0.25, 0.3) is 0 Å². The van der Waals surface area contributed by atoms with E-state index in [0.29, 0.717) is 30.2 Å². The number of nitrogens with zero attached hydrogens (tertiary/aromatic N) is 2. The number of aryl methyl sites for hydroxylation is 1. The van der Waals surface area contributed by atoms with Crippen molar-refractivity contribution in [3.63, 3.8) is 0 Å². The SMILES string of the molecule is COc1ccc(C(=O)N(CC(=O)N(Cc2ccc(F)cc2)Cc2ccc(C)o2)CC2CCCO2)cc1. The summed E-state index contributed by atoms with van der Waals surface area (Å²) >= 11 is 0. The smallest absolute Gasteiger partial charge is 0.254 e. The van der Waals surface area contributed by atoms with E-state index in [4.69, 9.17) is 13.9 Å². The predicted molar refractivity (Wildman–Crippen MR) is 132 cm³/mol. The lowest BCUT2D eigenvalue weighted by atomic mass is 10.1. The van der Waals surface area contributed by atoms with Crippen molar-refractivity contribution in [3.8, 4) is 5.75 Å². The molecule has 8 heteroatoms. The summed E-state index contributed by atoms with van der Waals surface area (Å²) < 4.78 is 30.1. The molecule has 1 fully saturated rings. The molecule has 2 amide bonds. The summed E-state index contributed by atoms with van der Waals surface area (Å²) in [5.41, 5.74) is 1.24. The molecule has 1 aromatic heterocycles. The molecule has 2 aromatic carbocycles. The highest BCUT2D eigenvalue weighted by Gasteiger charge is 2.27. The number of furan rings is 1. The summed E-state index contributed by atoms with van der Waals surface area (Å²) in [7, 11) is 1.56. The van der Waals surface area contributed by atoms with Gasteiger partial charge in [-0.2, -0.15) is 0 Å². The van der Waals surface area contributed by atoms with Crippen molar-refractivity contribution in [3.05, 3.63) is 89.1 Å². The molecular weight excluding hydrogens is 463 g/mol. The van der Waals surface area contributed by atoms with E-state index in [1.807, 2.05) is 19.1 Å². The summed E-state index contributed by atoms with van der Waals surface area (Å²) in [6, 6.07) is 16.5. The van der Waals surface area contributed by atoms with Crippen LogP contribution in [0.3, 0.4) is 0 Å². The van der Waals surface area contributed by atoms with E-state index < -0.39 is 0 Å². The molecule has 0 spiro atoms. The minimum Gasteiger partial charge on any atom is -0.497 e. The highest BCUT2D eigenvalue weighted by atomic mass is 19.1. The number of ether oxygens (including phenoxy) is 2. The highest BCUT2D eigenvalue weighted by Crippen LogP contribution is 2.19. The van der Waals surface area contributed by atoms with Crippen molar-refractivity contribution >= 4 is 11.8 Å². The first kappa shape index (κ1) is 25.4. The molecule has 0 aliphatic carbocycles. The summed E-state index contributed by atoms with van der Waals surface area (Å²) in [6.45, 7) is 3.18. The Morgan fingerprint density at radius 1 is 1.00 bits per heavy atom. The molecular formula is C28H31FN2O5. The summed E-state index contributed by atoms with van der Waals surface area (Å²) in [5, 5.41) is 0. The number of carbonyl (C=O) groups excluding carboxylic acids is 2. The summed E-state index contributed by atoms with van der Waals surface area (Å²) in [6.07, 6.45) is 1.65. The van der Waals surface area contributed by atoms with E-state index in [1.165, 1.54) is 12.1 Å². The first-order chi connectivity index (χ1) is 17.4. The fourth-order valence-electron chi connectivity index (χ4n) is 4.23. The van der Waals surface area contributed by atoms with Crippen molar-refractivity contribution < 1.29 is 27.9 Å². The Labute approximate surface area is 210 Å². The second kappa shape index (κ2) is 11.9. The lowest BCUT2D eigenvalue weighted by Gasteiger charge is -2.29. The van der Waals surface area contributed by atoms with Gasteiger partial charge < -0.3 is 23.7 Å². The van der Waals surface area contributed by atoms with Crippen LogP contribution in [0.2, 0.25) is 0 Å². The summed E-state index contributed by atoms with van der Waals surface area (Å²) in [4.78, 5) is 30.2. The molecule has 1 aliphatic rings. The van der Waals surface area contributed by atoms with Gasteiger partial charge in [0.25, 0.3) is 5.91 Å². The molecule has 36 heavy (non-hydrogen) atoms. The van der Waals surface area contributed by atoms with Gasteiger partial charge in [-0.1, -0.05) is 12.1 Å². The van der Waals surface area contributed by atoms with Gasteiger partial charge in [-0.25, -0.2) is 4.39 Å². The van der Waals surface area contributed by atoms with Crippen LogP contribution >= 0.6 is 0 Å². The Morgan fingerprint density at radius 3 is 2.36 bits per heavy atom. The predicted octanol–water partition coefficient (Wildman–Crippen LogP) is 4.59. The zero-order valence-corrected chi connectivity index (χ0v) is 20.6. The fraction of sp³-hybridized carbons (Fsp3) is 0.357. The molecule has 7 nitrogen and oxygen atoms in total. The van der Waals surface area contributed by atoms with Gasteiger partial charge in [0.2, 0.25) is 5.91 Å². The normalized spacial score (nSPS) is 15.0. The minimum absolute atomic E-state index is 0.113. The molecule has 0 radical (unpaired) electrons. The average molecular weight is 495 g/mol. The third-order valence-corrected chi connectivity index (χ3v) is 6.18. The number of amides is 2. The Morgan fingerprint density at radius 2 is 1.75 bits per heavy atom. The third kappa shape index (κ3) is 6.73. The topological polar surface area (TPSA) is 72.2 Å². The van der Waals surface area contributed by atoms with Gasteiger partial charge in [0.15, 0.2) is 0 Å². The van der Waals surface area contributed by atoms with E-state index in [-0.39, 0.29) is 43.4 Å². The van der Waals surface area contributed by atoms with Gasteiger partial charge in [-0.15, -0.1) is 0 Å². The van der Waals surface area contributed by atoms with Gasteiger partial charge in [0.1, 0.15) is 29.6 Å². The van der Waals surface area contributed by atoms with E-state index in [9.17, 15) is 14.0 Å².